The Kier molecular flexibility index (Phi) is 4.26. The van der Waals surface area contributed by atoms with Crippen molar-refractivity contribution in [3.63, 3.8) is 0 Å². The quantitative estimate of drug-likeness (QED) is 0.841. The van der Waals surface area contributed by atoms with E-state index >= 15 is 0 Å². The molecule has 1 atom stereocenters. The van der Waals surface area contributed by atoms with Crippen LogP contribution in [0.3, 0.4) is 0 Å². The first kappa shape index (κ1) is 15.9. The summed E-state index contributed by atoms with van der Waals surface area (Å²) in [6, 6.07) is 7.45. The summed E-state index contributed by atoms with van der Waals surface area (Å²) in [5, 5.41) is 0. The molecule has 2 aliphatic rings. The first-order valence-electron chi connectivity index (χ1n) is 8.70. The van der Waals surface area contributed by atoms with Gasteiger partial charge < -0.3 is 14.4 Å². The summed E-state index contributed by atoms with van der Waals surface area (Å²) < 4.78 is 11.3. The van der Waals surface area contributed by atoms with E-state index in [9.17, 15) is 4.79 Å². The third kappa shape index (κ3) is 3.16. The highest BCUT2D eigenvalue weighted by Crippen LogP contribution is 2.35. The van der Waals surface area contributed by atoms with Crippen LogP contribution in [0.1, 0.15) is 40.6 Å². The highest BCUT2D eigenvalue weighted by atomic mass is 16.6. The predicted molar refractivity (Wildman–Crippen MR) is 92.1 cm³/mol. The number of hydrogen-bond donors (Lipinski definition) is 0. The molecule has 0 aliphatic carbocycles. The van der Waals surface area contributed by atoms with Gasteiger partial charge in [-0.2, -0.15) is 0 Å². The fourth-order valence-electron chi connectivity index (χ4n) is 3.52. The summed E-state index contributed by atoms with van der Waals surface area (Å²) in [7, 11) is 0. The third-order valence-corrected chi connectivity index (χ3v) is 4.72. The Morgan fingerprint density at radius 3 is 3.00 bits per heavy atom. The number of aromatic nitrogens is 2. The molecule has 1 saturated heterocycles. The summed E-state index contributed by atoms with van der Waals surface area (Å²) in [5.41, 5.74) is 1.59. The monoisotopic (exact) mass is 339 g/mol. The van der Waals surface area contributed by atoms with Gasteiger partial charge in [-0.05, 0) is 38.0 Å². The molecule has 1 amide bonds. The van der Waals surface area contributed by atoms with Gasteiger partial charge in [0.1, 0.15) is 19.0 Å². The Hall–Kier alpha value is -2.63. The number of aryl methyl sites for hydroxylation is 1. The molecule has 130 valence electrons. The van der Waals surface area contributed by atoms with Crippen molar-refractivity contribution < 1.29 is 14.3 Å². The summed E-state index contributed by atoms with van der Waals surface area (Å²) >= 11 is 0. The van der Waals surface area contributed by atoms with Crippen molar-refractivity contribution in [2.45, 2.75) is 25.7 Å². The topological polar surface area (TPSA) is 64.6 Å². The molecular weight excluding hydrogens is 318 g/mol. The molecule has 3 heterocycles. The lowest BCUT2D eigenvalue weighted by atomic mass is 9.94. The van der Waals surface area contributed by atoms with E-state index in [4.69, 9.17) is 9.47 Å². The minimum absolute atomic E-state index is 0.00201. The first-order chi connectivity index (χ1) is 12.2. The Morgan fingerprint density at radius 2 is 2.12 bits per heavy atom. The Bertz CT molecular complexity index is 793. The number of carbonyl (C=O) groups is 1. The molecule has 0 spiro atoms. The number of hydrogen-bond acceptors (Lipinski definition) is 5. The summed E-state index contributed by atoms with van der Waals surface area (Å²) in [5.74, 6) is 2.23. The Balaban J connectivity index is 1.56. The lowest BCUT2D eigenvalue weighted by molar-refractivity contribution is 0.0695. The number of rotatable bonds is 2. The molecule has 6 heteroatoms. The lowest BCUT2D eigenvalue weighted by Gasteiger charge is -2.33. The molecule has 0 N–H and O–H groups in total. The van der Waals surface area contributed by atoms with Gasteiger partial charge >= 0.3 is 0 Å². The second kappa shape index (κ2) is 6.70. The number of amides is 1. The van der Waals surface area contributed by atoms with Crippen molar-refractivity contribution in [2.24, 2.45) is 0 Å². The molecule has 0 unspecified atom stereocenters. The van der Waals surface area contributed by atoms with E-state index in [1.165, 1.54) is 0 Å². The highest BCUT2D eigenvalue weighted by molar-refractivity contribution is 5.98. The van der Waals surface area contributed by atoms with Crippen LogP contribution in [0.2, 0.25) is 0 Å². The van der Waals surface area contributed by atoms with Crippen molar-refractivity contribution in [3.8, 4) is 11.5 Å². The van der Waals surface area contributed by atoms with E-state index in [-0.39, 0.29) is 11.8 Å². The Labute approximate surface area is 146 Å². The van der Waals surface area contributed by atoms with Crippen LogP contribution in [0.4, 0.5) is 0 Å². The molecule has 0 radical (unpaired) electrons. The van der Waals surface area contributed by atoms with Crippen LogP contribution in [-0.2, 0) is 0 Å². The van der Waals surface area contributed by atoms with Gasteiger partial charge in [-0.3, -0.25) is 4.79 Å². The van der Waals surface area contributed by atoms with Crippen LogP contribution >= 0.6 is 0 Å². The zero-order valence-electron chi connectivity index (χ0n) is 14.3. The van der Waals surface area contributed by atoms with Gasteiger partial charge in [0.15, 0.2) is 11.5 Å². The van der Waals surface area contributed by atoms with Crippen LogP contribution in [-0.4, -0.2) is 47.1 Å². The van der Waals surface area contributed by atoms with Crippen molar-refractivity contribution in [2.75, 3.05) is 26.3 Å². The number of fused-ring (bicyclic) bond motifs is 1. The van der Waals surface area contributed by atoms with Gasteiger partial charge in [0, 0.05) is 30.9 Å². The molecule has 1 fully saturated rings. The molecular formula is C19H21N3O3. The fraction of sp³-hybridized carbons (Fsp3) is 0.421. The maximum absolute atomic E-state index is 13.1. The van der Waals surface area contributed by atoms with E-state index in [0.29, 0.717) is 36.8 Å². The third-order valence-electron chi connectivity index (χ3n) is 4.72. The number of carbonyl (C=O) groups excluding carboxylic acids is 1. The van der Waals surface area contributed by atoms with Gasteiger partial charge in [-0.1, -0.05) is 6.07 Å². The minimum atomic E-state index is -0.00201. The van der Waals surface area contributed by atoms with Crippen molar-refractivity contribution in [3.05, 3.63) is 47.5 Å². The number of nitrogens with zero attached hydrogens (tertiary/aromatic N) is 3. The lowest BCUT2D eigenvalue weighted by Crippen LogP contribution is -2.39. The molecule has 2 aliphatic heterocycles. The fourth-order valence-corrected chi connectivity index (χ4v) is 3.52. The summed E-state index contributed by atoms with van der Waals surface area (Å²) in [6.45, 7) is 4.30. The van der Waals surface area contributed by atoms with Gasteiger partial charge in [0.2, 0.25) is 0 Å². The highest BCUT2D eigenvalue weighted by Gasteiger charge is 2.29. The number of ether oxygens (including phenoxy) is 2. The number of likely N-dealkylation sites (tertiary alicyclic amines) is 1. The largest absolute Gasteiger partial charge is 0.486 e. The van der Waals surface area contributed by atoms with E-state index in [2.05, 4.69) is 9.97 Å². The van der Waals surface area contributed by atoms with E-state index < -0.39 is 0 Å². The average Bonchev–Trinajstić information content (AvgIpc) is 2.67. The van der Waals surface area contributed by atoms with Gasteiger partial charge in [-0.15, -0.1) is 0 Å². The summed E-state index contributed by atoms with van der Waals surface area (Å²) in [4.78, 5) is 23.7. The molecule has 4 rings (SSSR count). The normalized spacial score (nSPS) is 19.6. The predicted octanol–water partition coefficient (Wildman–Crippen LogP) is 2.58. The van der Waals surface area contributed by atoms with Gasteiger partial charge in [0.25, 0.3) is 5.91 Å². The second-order valence-corrected chi connectivity index (χ2v) is 6.45. The zero-order chi connectivity index (χ0) is 17.2. The first-order valence-corrected chi connectivity index (χ1v) is 8.70. The van der Waals surface area contributed by atoms with Crippen molar-refractivity contribution in [1.82, 2.24) is 14.9 Å². The second-order valence-electron chi connectivity index (χ2n) is 6.45. The van der Waals surface area contributed by atoms with Crippen LogP contribution < -0.4 is 9.47 Å². The molecule has 1 aromatic carbocycles. The molecule has 1 aromatic heterocycles. The molecule has 2 aromatic rings. The van der Waals surface area contributed by atoms with Crippen LogP contribution in [0, 0.1) is 6.92 Å². The van der Waals surface area contributed by atoms with Crippen LogP contribution in [0.25, 0.3) is 0 Å². The summed E-state index contributed by atoms with van der Waals surface area (Å²) in [6.07, 6.45) is 3.79. The molecule has 25 heavy (non-hydrogen) atoms. The molecule has 0 bridgehead atoms. The standard InChI is InChI=1S/C19H21N3O3/c1-13-20-8-7-16(21-13)14-4-3-9-22(12-14)19(23)15-5-2-6-17-18(15)25-11-10-24-17/h2,5-8,14H,3-4,9-12H2,1H3/t14-/m0/s1. The SMILES string of the molecule is Cc1nccc([C@H]2CCCN(C(=O)c3cccc4c3OCCO4)C2)n1. The Morgan fingerprint density at radius 1 is 1.24 bits per heavy atom. The van der Waals surface area contributed by atoms with Crippen molar-refractivity contribution in [1.29, 1.82) is 0 Å². The minimum Gasteiger partial charge on any atom is -0.486 e. The number of piperidine rings is 1. The van der Waals surface area contributed by atoms with Crippen LogP contribution in [0.15, 0.2) is 30.5 Å². The number of para-hydroxylation sites is 1. The maximum atomic E-state index is 13.1. The van der Waals surface area contributed by atoms with E-state index in [1.54, 1.807) is 6.20 Å². The molecule has 0 saturated carbocycles. The zero-order valence-corrected chi connectivity index (χ0v) is 14.3. The molecule has 6 nitrogen and oxygen atoms in total. The van der Waals surface area contributed by atoms with E-state index in [1.807, 2.05) is 36.1 Å². The smallest absolute Gasteiger partial charge is 0.257 e. The van der Waals surface area contributed by atoms with Gasteiger partial charge in [-0.25, -0.2) is 9.97 Å². The van der Waals surface area contributed by atoms with Crippen LogP contribution in [0.5, 0.6) is 11.5 Å². The van der Waals surface area contributed by atoms with E-state index in [0.717, 1.165) is 30.9 Å². The maximum Gasteiger partial charge on any atom is 0.257 e. The number of benzene rings is 1. The van der Waals surface area contributed by atoms with Gasteiger partial charge in [0.05, 0.1) is 5.56 Å². The van der Waals surface area contributed by atoms with Crippen molar-refractivity contribution >= 4 is 5.91 Å². The average molecular weight is 339 g/mol.